The van der Waals surface area contributed by atoms with E-state index >= 15 is 0 Å². The SMILES string of the molecule is CC(C)Oc1ccc(NC(=O)CCN2C(=O)c3cccc(F)c3C2=O)cc1. The molecule has 1 aliphatic heterocycles. The van der Waals surface area contributed by atoms with Gasteiger partial charge >= 0.3 is 0 Å². The molecule has 0 saturated carbocycles. The second-order valence-corrected chi connectivity index (χ2v) is 6.41. The molecular formula is C20H19FN2O4. The first-order chi connectivity index (χ1) is 12.9. The molecule has 2 aromatic rings. The first-order valence-corrected chi connectivity index (χ1v) is 8.58. The molecule has 0 spiro atoms. The Morgan fingerprint density at radius 3 is 2.44 bits per heavy atom. The van der Waals surface area contributed by atoms with E-state index in [1.807, 2.05) is 13.8 Å². The van der Waals surface area contributed by atoms with E-state index in [4.69, 9.17) is 4.74 Å². The molecule has 0 radical (unpaired) electrons. The van der Waals surface area contributed by atoms with Crippen LogP contribution >= 0.6 is 0 Å². The van der Waals surface area contributed by atoms with Crippen molar-refractivity contribution in [3.05, 3.63) is 59.4 Å². The number of imide groups is 1. The van der Waals surface area contributed by atoms with Gasteiger partial charge in [0.25, 0.3) is 11.8 Å². The lowest BCUT2D eigenvalue weighted by atomic mass is 10.1. The van der Waals surface area contributed by atoms with Gasteiger partial charge in [-0.3, -0.25) is 19.3 Å². The molecule has 3 amide bonds. The molecule has 0 atom stereocenters. The van der Waals surface area contributed by atoms with Gasteiger partial charge in [0.05, 0.1) is 17.2 Å². The molecule has 0 saturated heterocycles. The van der Waals surface area contributed by atoms with Crippen LogP contribution in [0.2, 0.25) is 0 Å². The van der Waals surface area contributed by atoms with Gasteiger partial charge in [-0.15, -0.1) is 0 Å². The Balaban J connectivity index is 1.58. The minimum atomic E-state index is -0.735. The second kappa shape index (κ2) is 7.57. The Morgan fingerprint density at radius 1 is 1.11 bits per heavy atom. The van der Waals surface area contributed by atoms with Crippen LogP contribution in [0.5, 0.6) is 5.75 Å². The van der Waals surface area contributed by atoms with Crippen molar-refractivity contribution in [1.82, 2.24) is 4.90 Å². The normalized spacial score (nSPS) is 13.1. The van der Waals surface area contributed by atoms with Gasteiger partial charge in [-0.25, -0.2) is 4.39 Å². The van der Waals surface area contributed by atoms with E-state index < -0.39 is 17.6 Å². The van der Waals surface area contributed by atoms with Gasteiger partial charge in [-0.2, -0.15) is 0 Å². The molecule has 0 aliphatic carbocycles. The number of fused-ring (bicyclic) bond motifs is 1. The molecular weight excluding hydrogens is 351 g/mol. The number of hydrogen-bond donors (Lipinski definition) is 1. The van der Waals surface area contributed by atoms with E-state index in [-0.39, 0.29) is 36.1 Å². The molecule has 27 heavy (non-hydrogen) atoms. The lowest BCUT2D eigenvalue weighted by Crippen LogP contribution is -2.33. The summed E-state index contributed by atoms with van der Waals surface area (Å²) >= 11 is 0. The van der Waals surface area contributed by atoms with Gasteiger partial charge in [0.1, 0.15) is 11.6 Å². The number of ether oxygens (including phenoxy) is 1. The maximum Gasteiger partial charge on any atom is 0.264 e. The highest BCUT2D eigenvalue weighted by molar-refractivity contribution is 6.21. The molecule has 0 unspecified atom stereocenters. The van der Waals surface area contributed by atoms with Crippen molar-refractivity contribution < 1.29 is 23.5 Å². The van der Waals surface area contributed by atoms with E-state index in [2.05, 4.69) is 5.32 Å². The van der Waals surface area contributed by atoms with Crippen molar-refractivity contribution >= 4 is 23.4 Å². The van der Waals surface area contributed by atoms with Crippen LogP contribution in [0.15, 0.2) is 42.5 Å². The van der Waals surface area contributed by atoms with E-state index in [1.165, 1.54) is 12.1 Å². The molecule has 2 aromatic carbocycles. The summed E-state index contributed by atoms with van der Waals surface area (Å²) < 4.78 is 19.3. The molecule has 0 fully saturated rings. The highest BCUT2D eigenvalue weighted by atomic mass is 19.1. The maximum absolute atomic E-state index is 13.8. The third-order valence-electron chi connectivity index (χ3n) is 4.02. The fourth-order valence-corrected chi connectivity index (χ4v) is 2.82. The van der Waals surface area contributed by atoms with E-state index in [0.29, 0.717) is 11.4 Å². The first-order valence-electron chi connectivity index (χ1n) is 8.58. The minimum Gasteiger partial charge on any atom is -0.491 e. The second-order valence-electron chi connectivity index (χ2n) is 6.41. The molecule has 1 aliphatic rings. The summed E-state index contributed by atoms with van der Waals surface area (Å²) in [4.78, 5) is 37.5. The van der Waals surface area contributed by atoms with Gasteiger partial charge in [-0.1, -0.05) is 6.07 Å². The molecule has 0 bridgehead atoms. The first kappa shape index (κ1) is 18.6. The number of anilines is 1. The van der Waals surface area contributed by atoms with Crippen LogP contribution in [0.25, 0.3) is 0 Å². The number of hydrogen-bond acceptors (Lipinski definition) is 4. The Bertz CT molecular complexity index is 893. The summed E-state index contributed by atoms with van der Waals surface area (Å²) in [5.41, 5.74) is 0.370. The molecule has 0 aromatic heterocycles. The number of carbonyl (C=O) groups excluding carboxylic acids is 3. The smallest absolute Gasteiger partial charge is 0.264 e. The predicted molar refractivity (Wildman–Crippen MR) is 97.2 cm³/mol. The van der Waals surface area contributed by atoms with Crippen molar-refractivity contribution in [2.45, 2.75) is 26.4 Å². The number of nitrogens with zero attached hydrogens (tertiary/aromatic N) is 1. The zero-order valence-corrected chi connectivity index (χ0v) is 15.0. The van der Waals surface area contributed by atoms with Gasteiger partial charge < -0.3 is 10.1 Å². The molecule has 140 valence electrons. The molecule has 3 rings (SSSR count). The summed E-state index contributed by atoms with van der Waals surface area (Å²) in [6.07, 6.45) is -0.0351. The van der Waals surface area contributed by atoms with Crippen LogP contribution in [-0.2, 0) is 4.79 Å². The standard InChI is InChI=1S/C20H19FN2O4/c1-12(2)27-14-8-6-13(7-9-14)22-17(24)10-11-23-19(25)15-4-3-5-16(21)18(15)20(23)26/h3-9,12H,10-11H2,1-2H3,(H,22,24). The summed E-state index contributed by atoms with van der Waals surface area (Å²) in [7, 11) is 0. The molecule has 6 nitrogen and oxygen atoms in total. The van der Waals surface area contributed by atoms with Gasteiger partial charge in [-0.05, 0) is 50.2 Å². The fourth-order valence-electron chi connectivity index (χ4n) is 2.82. The monoisotopic (exact) mass is 370 g/mol. The van der Waals surface area contributed by atoms with E-state index in [0.717, 1.165) is 11.0 Å². The number of benzene rings is 2. The Labute approximate surface area is 155 Å². The van der Waals surface area contributed by atoms with Gasteiger partial charge in [0.15, 0.2) is 0 Å². The zero-order valence-electron chi connectivity index (χ0n) is 15.0. The zero-order chi connectivity index (χ0) is 19.6. The summed E-state index contributed by atoms with van der Waals surface area (Å²) in [5.74, 6) is -1.70. The maximum atomic E-state index is 13.8. The van der Waals surface area contributed by atoms with Crippen molar-refractivity contribution in [2.24, 2.45) is 0 Å². The summed E-state index contributed by atoms with van der Waals surface area (Å²) in [5, 5.41) is 2.69. The van der Waals surface area contributed by atoms with Crippen LogP contribution in [0.4, 0.5) is 10.1 Å². The Kier molecular flexibility index (Phi) is 5.21. The largest absolute Gasteiger partial charge is 0.491 e. The van der Waals surface area contributed by atoms with E-state index in [9.17, 15) is 18.8 Å². The number of amides is 3. The fraction of sp³-hybridized carbons (Fsp3) is 0.250. The molecule has 7 heteroatoms. The number of rotatable bonds is 6. The minimum absolute atomic E-state index is 0.0288. The van der Waals surface area contributed by atoms with Gasteiger partial charge in [0, 0.05) is 18.7 Å². The lowest BCUT2D eigenvalue weighted by molar-refractivity contribution is -0.116. The molecule has 1 heterocycles. The Morgan fingerprint density at radius 2 is 1.81 bits per heavy atom. The summed E-state index contributed by atoms with van der Waals surface area (Å²) in [6, 6.07) is 10.8. The third kappa shape index (κ3) is 3.97. The van der Waals surface area contributed by atoms with Crippen molar-refractivity contribution in [3.8, 4) is 5.75 Å². The van der Waals surface area contributed by atoms with Crippen LogP contribution in [-0.4, -0.2) is 35.3 Å². The lowest BCUT2D eigenvalue weighted by Gasteiger charge is -2.14. The average molecular weight is 370 g/mol. The average Bonchev–Trinajstić information content (AvgIpc) is 2.86. The number of nitrogens with one attached hydrogen (secondary N) is 1. The summed E-state index contributed by atoms with van der Waals surface area (Å²) in [6.45, 7) is 3.72. The predicted octanol–water partition coefficient (Wildman–Crippen LogP) is 3.24. The van der Waals surface area contributed by atoms with Crippen LogP contribution in [0.1, 0.15) is 41.0 Å². The van der Waals surface area contributed by atoms with Gasteiger partial charge in [0.2, 0.25) is 5.91 Å². The Hall–Kier alpha value is -3.22. The highest BCUT2D eigenvalue weighted by Gasteiger charge is 2.37. The third-order valence-corrected chi connectivity index (χ3v) is 4.02. The number of carbonyl (C=O) groups is 3. The van der Waals surface area contributed by atoms with Crippen LogP contribution in [0, 0.1) is 5.82 Å². The van der Waals surface area contributed by atoms with Crippen molar-refractivity contribution in [2.75, 3.05) is 11.9 Å². The van der Waals surface area contributed by atoms with Crippen LogP contribution < -0.4 is 10.1 Å². The van der Waals surface area contributed by atoms with Crippen LogP contribution in [0.3, 0.4) is 0 Å². The highest BCUT2D eigenvalue weighted by Crippen LogP contribution is 2.25. The topological polar surface area (TPSA) is 75.7 Å². The van der Waals surface area contributed by atoms with E-state index in [1.54, 1.807) is 24.3 Å². The quantitative estimate of drug-likeness (QED) is 0.792. The number of halogens is 1. The van der Waals surface area contributed by atoms with Crippen molar-refractivity contribution in [3.63, 3.8) is 0 Å². The molecule has 1 N–H and O–H groups in total. The van der Waals surface area contributed by atoms with Crippen molar-refractivity contribution in [1.29, 1.82) is 0 Å².